The highest BCUT2D eigenvalue weighted by atomic mass is 15.3. The van der Waals surface area contributed by atoms with Crippen LogP contribution in [0.25, 0.3) is 0 Å². The second kappa shape index (κ2) is 4.55. The highest BCUT2D eigenvalue weighted by Gasteiger charge is 2.18. The Morgan fingerprint density at radius 2 is 2.07 bits per heavy atom. The molecule has 80 valence electrons. The lowest BCUT2D eigenvalue weighted by Crippen LogP contribution is -2.22. The molecule has 0 saturated heterocycles. The molecule has 0 aliphatic heterocycles. The van der Waals surface area contributed by atoms with Crippen molar-refractivity contribution in [1.82, 2.24) is 14.8 Å². The van der Waals surface area contributed by atoms with Gasteiger partial charge in [0.2, 0.25) is 0 Å². The quantitative estimate of drug-likeness (QED) is 0.792. The fourth-order valence-electron chi connectivity index (χ4n) is 1.40. The molecule has 0 amide bonds. The van der Waals surface area contributed by atoms with Crippen molar-refractivity contribution >= 4 is 0 Å². The third-order valence-corrected chi connectivity index (χ3v) is 2.71. The summed E-state index contributed by atoms with van der Waals surface area (Å²) in [5.74, 6) is 2.22. The van der Waals surface area contributed by atoms with Crippen LogP contribution >= 0.6 is 0 Å². The molecule has 4 nitrogen and oxygen atoms in total. The molecule has 0 aliphatic carbocycles. The van der Waals surface area contributed by atoms with Crippen molar-refractivity contribution in [3.05, 3.63) is 11.6 Å². The molecule has 2 atom stereocenters. The van der Waals surface area contributed by atoms with Crippen LogP contribution in [0.3, 0.4) is 0 Å². The fraction of sp³-hybridized carbons (Fsp3) is 0.800. The molecular weight excluding hydrogens is 176 g/mol. The Bertz CT molecular complexity index is 292. The van der Waals surface area contributed by atoms with Gasteiger partial charge in [-0.15, -0.1) is 0 Å². The van der Waals surface area contributed by atoms with E-state index in [1.807, 2.05) is 14.0 Å². The Morgan fingerprint density at radius 1 is 1.43 bits per heavy atom. The van der Waals surface area contributed by atoms with Crippen LogP contribution in [0.1, 0.15) is 44.9 Å². The molecule has 1 heterocycles. The number of hydrogen-bond donors (Lipinski definition) is 1. The van der Waals surface area contributed by atoms with E-state index in [0.29, 0.717) is 5.92 Å². The molecule has 0 fully saturated rings. The second-order valence-electron chi connectivity index (χ2n) is 3.77. The maximum Gasteiger partial charge on any atom is 0.150 e. The lowest BCUT2D eigenvalue weighted by Gasteiger charge is -2.16. The summed E-state index contributed by atoms with van der Waals surface area (Å²) < 4.78 is 1.80. The molecular formula is C10H20N4. The van der Waals surface area contributed by atoms with Crippen molar-refractivity contribution in [2.24, 2.45) is 18.7 Å². The molecule has 0 spiro atoms. The Hall–Kier alpha value is -0.900. The third-order valence-electron chi connectivity index (χ3n) is 2.71. The van der Waals surface area contributed by atoms with E-state index in [-0.39, 0.29) is 6.04 Å². The van der Waals surface area contributed by atoms with E-state index < -0.39 is 0 Å². The first-order valence-electron chi connectivity index (χ1n) is 5.25. The van der Waals surface area contributed by atoms with Crippen LogP contribution in [-0.4, -0.2) is 14.8 Å². The summed E-state index contributed by atoms with van der Waals surface area (Å²) in [5, 5.41) is 4.29. The molecule has 2 unspecified atom stereocenters. The predicted molar refractivity (Wildman–Crippen MR) is 56.8 cm³/mol. The van der Waals surface area contributed by atoms with E-state index in [1.165, 1.54) is 0 Å². The van der Waals surface area contributed by atoms with E-state index >= 15 is 0 Å². The molecule has 1 rings (SSSR count). The summed E-state index contributed by atoms with van der Waals surface area (Å²) >= 11 is 0. The average molecular weight is 196 g/mol. The minimum Gasteiger partial charge on any atom is -0.321 e. The van der Waals surface area contributed by atoms with Crippen LogP contribution in [-0.2, 0) is 13.5 Å². The molecule has 14 heavy (non-hydrogen) atoms. The molecule has 0 aliphatic rings. The topological polar surface area (TPSA) is 56.7 Å². The molecule has 4 heteroatoms. The monoisotopic (exact) mass is 196 g/mol. The maximum absolute atomic E-state index is 6.09. The van der Waals surface area contributed by atoms with Gasteiger partial charge in [-0.05, 0) is 5.92 Å². The number of nitrogens with zero attached hydrogens (tertiary/aromatic N) is 3. The van der Waals surface area contributed by atoms with Crippen LogP contribution in [0.4, 0.5) is 0 Å². The van der Waals surface area contributed by atoms with Crippen LogP contribution in [0.2, 0.25) is 0 Å². The normalized spacial score (nSPS) is 15.5. The molecule has 0 saturated carbocycles. The first-order valence-corrected chi connectivity index (χ1v) is 5.25. The highest BCUT2D eigenvalue weighted by Crippen LogP contribution is 2.19. The van der Waals surface area contributed by atoms with Gasteiger partial charge in [-0.3, -0.25) is 4.68 Å². The number of aryl methyl sites for hydroxylation is 2. The lowest BCUT2D eigenvalue weighted by atomic mass is 9.99. The Balaban J connectivity index is 2.88. The smallest absolute Gasteiger partial charge is 0.150 e. The van der Waals surface area contributed by atoms with Crippen molar-refractivity contribution < 1.29 is 0 Å². The fourth-order valence-corrected chi connectivity index (χ4v) is 1.40. The zero-order valence-electron chi connectivity index (χ0n) is 9.49. The van der Waals surface area contributed by atoms with Gasteiger partial charge < -0.3 is 5.73 Å². The molecule has 2 N–H and O–H groups in total. The van der Waals surface area contributed by atoms with E-state index in [1.54, 1.807) is 4.68 Å². The summed E-state index contributed by atoms with van der Waals surface area (Å²) in [7, 11) is 1.91. The van der Waals surface area contributed by atoms with E-state index in [2.05, 4.69) is 23.9 Å². The SMILES string of the molecule is CCc1nc(C(N)C(C)CC)n(C)n1. The average Bonchev–Trinajstić information content (AvgIpc) is 2.57. The van der Waals surface area contributed by atoms with Gasteiger partial charge in [-0.25, -0.2) is 4.98 Å². The van der Waals surface area contributed by atoms with Crippen LogP contribution in [0.15, 0.2) is 0 Å². The van der Waals surface area contributed by atoms with Gasteiger partial charge in [-0.1, -0.05) is 27.2 Å². The highest BCUT2D eigenvalue weighted by molar-refractivity contribution is 4.99. The third kappa shape index (κ3) is 2.12. The molecule has 0 radical (unpaired) electrons. The molecule has 1 aromatic rings. The Kier molecular flexibility index (Phi) is 3.63. The standard InChI is InChI=1S/C10H20N4/c1-5-7(3)9(11)10-12-8(6-2)13-14(10)4/h7,9H,5-6,11H2,1-4H3. The van der Waals surface area contributed by atoms with Crippen molar-refractivity contribution in [2.75, 3.05) is 0 Å². The van der Waals surface area contributed by atoms with Gasteiger partial charge in [0.05, 0.1) is 6.04 Å². The lowest BCUT2D eigenvalue weighted by molar-refractivity contribution is 0.425. The summed E-state index contributed by atoms with van der Waals surface area (Å²) in [6, 6.07) is -0.00204. The van der Waals surface area contributed by atoms with Crippen LogP contribution < -0.4 is 5.73 Å². The van der Waals surface area contributed by atoms with Crippen molar-refractivity contribution in [3.63, 3.8) is 0 Å². The van der Waals surface area contributed by atoms with Gasteiger partial charge in [0, 0.05) is 13.5 Å². The molecule has 0 aromatic carbocycles. The van der Waals surface area contributed by atoms with E-state index in [0.717, 1.165) is 24.5 Å². The minimum atomic E-state index is -0.00204. The first-order chi connectivity index (χ1) is 6.60. The Labute approximate surface area is 85.5 Å². The van der Waals surface area contributed by atoms with Crippen molar-refractivity contribution in [3.8, 4) is 0 Å². The van der Waals surface area contributed by atoms with Gasteiger partial charge in [0.15, 0.2) is 5.82 Å². The summed E-state index contributed by atoms with van der Waals surface area (Å²) in [4.78, 5) is 4.42. The number of nitrogens with two attached hydrogens (primary N) is 1. The zero-order chi connectivity index (χ0) is 10.7. The summed E-state index contributed by atoms with van der Waals surface area (Å²) in [6.07, 6.45) is 1.93. The summed E-state index contributed by atoms with van der Waals surface area (Å²) in [6.45, 7) is 6.33. The molecule has 0 bridgehead atoms. The number of rotatable bonds is 4. The summed E-state index contributed by atoms with van der Waals surface area (Å²) in [5.41, 5.74) is 6.09. The second-order valence-corrected chi connectivity index (χ2v) is 3.77. The largest absolute Gasteiger partial charge is 0.321 e. The van der Waals surface area contributed by atoms with Gasteiger partial charge >= 0.3 is 0 Å². The van der Waals surface area contributed by atoms with Crippen LogP contribution in [0, 0.1) is 5.92 Å². The van der Waals surface area contributed by atoms with Crippen molar-refractivity contribution in [2.45, 2.75) is 39.7 Å². The van der Waals surface area contributed by atoms with Crippen LogP contribution in [0.5, 0.6) is 0 Å². The predicted octanol–water partition coefficient (Wildman–Crippen LogP) is 1.42. The van der Waals surface area contributed by atoms with E-state index in [9.17, 15) is 0 Å². The number of hydrogen-bond acceptors (Lipinski definition) is 3. The maximum atomic E-state index is 6.09. The zero-order valence-corrected chi connectivity index (χ0v) is 9.49. The van der Waals surface area contributed by atoms with E-state index in [4.69, 9.17) is 5.73 Å². The van der Waals surface area contributed by atoms with Crippen molar-refractivity contribution in [1.29, 1.82) is 0 Å². The minimum absolute atomic E-state index is 0.00204. The number of aromatic nitrogens is 3. The van der Waals surface area contributed by atoms with Gasteiger partial charge in [0.1, 0.15) is 5.82 Å². The first kappa shape index (κ1) is 11.2. The Morgan fingerprint density at radius 3 is 2.50 bits per heavy atom. The molecule has 1 aromatic heterocycles. The van der Waals surface area contributed by atoms with Gasteiger partial charge in [0.25, 0.3) is 0 Å². The van der Waals surface area contributed by atoms with Gasteiger partial charge in [-0.2, -0.15) is 5.10 Å².